The summed E-state index contributed by atoms with van der Waals surface area (Å²) in [5.74, 6) is 0.137. The number of para-hydroxylation sites is 1. The van der Waals surface area contributed by atoms with Crippen LogP contribution in [0.15, 0.2) is 36.5 Å². The van der Waals surface area contributed by atoms with E-state index in [0.717, 1.165) is 17.8 Å². The van der Waals surface area contributed by atoms with Crippen molar-refractivity contribution in [3.05, 3.63) is 42.2 Å². The minimum Gasteiger partial charge on any atom is -0.384 e. The SMILES string of the molecule is CCC(C)C(C)(O)c1cnnn1-c1ccccc1. The predicted octanol–water partition coefficient (Wildman–Crippen LogP) is 2.52. The Bertz CT molecular complexity index is 505. The van der Waals surface area contributed by atoms with E-state index in [1.807, 2.05) is 44.2 Å². The zero-order chi connectivity index (χ0) is 13.2. The first-order chi connectivity index (χ1) is 8.57. The molecule has 1 aromatic carbocycles. The Morgan fingerprint density at radius 3 is 2.61 bits per heavy atom. The van der Waals surface area contributed by atoms with Crippen LogP contribution in [0.3, 0.4) is 0 Å². The van der Waals surface area contributed by atoms with Crippen molar-refractivity contribution in [1.82, 2.24) is 15.0 Å². The van der Waals surface area contributed by atoms with Gasteiger partial charge in [0.15, 0.2) is 0 Å². The van der Waals surface area contributed by atoms with Gasteiger partial charge in [-0.2, -0.15) is 0 Å². The van der Waals surface area contributed by atoms with Gasteiger partial charge in [0.1, 0.15) is 5.60 Å². The smallest absolute Gasteiger partial charge is 0.108 e. The molecule has 4 heteroatoms. The molecule has 0 spiro atoms. The van der Waals surface area contributed by atoms with Gasteiger partial charge in [-0.1, -0.05) is 43.7 Å². The number of nitrogens with zero attached hydrogens (tertiary/aromatic N) is 3. The highest BCUT2D eigenvalue weighted by atomic mass is 16.3. The highest BCUT2D eigenvalue weighted by Gasteiger charge is 2.33. The molecule has 0 fully saturated rings. The topological polar surface area (TPSA) is 50.9 Å². The zero-order valence-corrected chi connectivity index (χ0v) is 11.0. The number of hydrogen-bond acceptors (Lipinski definition) is 3. The van der Waals surface area contributed by atoms with Gasteiger partial charge < -0.3 is 5.11 Å². The highest BCUT2D eigenvalue weighted by molar-refractivity contribution is 5.32. The lowest BCUT2D eigenvalue weighted by Crippen LogP contribution is -2.32. The molecule has 2 atom stereocenters. The van der Waals surface area contributed by atoms with Crippen molar-refractivity contribution in [3.63, 3.8) is 0 Å². The molecule has 2 unspecified atom stereocenters. The molecule has 96 valence electrons. The van der Waals surface area contributed by atoms with Crippen molar-refractivity contribution < 1.29 is 5.11 Å². The van der Waals surface area contributed by atoms with Gasteiger partial charge in [0.2, 0.25) is 0 Å². The van der Waals surface area contributed by atoms with Crippen LogP contribution >= 0.6 is 0 Å². The first kappa shape index (κ1) is 12.8. The van der Waals surface area contributed by atoms with E-state index in [1.54, 1.807) is 10.9 Å². The summed E-state index contributed by atoms with van der Waals surface area (Å²) in [7, 11) is 0. The fourth-order valence-corrected chi connectivity index (χ4v) is 1.99. The van der Waals surface area contributed by atoms with Gasteiger partial charge in [0.25, 0.3) is 0 Å². The quantitative estimate of drug-likeness (QED) is 0.900. The molecule has 0 aliphatic carbocycles. The van der Waals surface area contributed by atoms with Crippen LogP contribution < -0.4 is 0 Å². The summed E-state index contributed by atoms with van der Waals surface area (Å²) >= 11 is 0. The van der Waals surface area contributed by atoms with Gasteiger partial charge in [-0.25, -0.2) is 4.68 Å². The van der Waals surface area contributed by atoms with Gasteiger partial charge in [-0.15, -0.1) is 5.10 Å². The molecule has 4 nitrogen and oxygen atoms in total. The van der Waals surface area contributed by atoms with Gasteiger partial charge in [-0.3, -0.25) is 0 Å². The third-order valence-corrected chi connectivity index (χ3v) is 3.64. The molecule has 0 aliphatic rings. The Kier molecular flexibility index (Phi) is 3.48. The van der Waals surface area contributed by atoms with Crippen LogP contribution in [0.1, 0.15) is 32.9 Å². The van der Waals surface area contributed by atoms with E-state index in [9.17, 15) is 5.11 Å². The highest BCUT2D eigenvalue weighted by Crippen LogP contribution is 2.31. The van der Waals surface area contributed by atoms with Crippen LogP contribution in [-0.4, -0.2) is 20.1 Å². The average molecular weight is 245 g/mol. The van der Waals surface area contributed by atoms with Crippen molar-refractivity contribution in [2.45, 2.75) is 32.8 Å². The lowest BCUT2D eigenvalue weighted by Gasteiger charge is -2.29. The number of aliphatic hydroxyl groups is 1. The Morgan fingerprint density at radius 2 is 2.00 bits per heavy atom. The molecule has 1 N–H and O–H groups in total. The third-order valence-electron chi connectivity index (χ3n) is 3.64. The largest absolute Gasteiger partial charge is 0.384 e. The fourth-order valence-electron chi connectivity index (χ4n) is 1.99. The van der Waals surface area contributed by atoms with Gasteiger partial charge >= 0.3 is 0 Å². The molecular weight excluding hydrogens is 226 g/mol. The molecule has 0 saturated heterocycles. The molecule has 2 aromatic rings. The van der Waals surface area contributed by atoms with Crippen molar-refractivity contribution in [2.24, 2.45) is 5.92 Å². The summed E-state index contributed by atoms with van der Waals surface area (Å²) in [6, 6.07) is 9.74. The van der Waals surface area contributed by atoms with Crippen molar-refractivity contribution >= 4 is 0 Å². The predicted molar refractivity (Wildman–Crippen MR) is 70.4 cm³/mol. The maximum absolute atomic E-state index is 10.7. The third kappa shape index (κ3) is 2.16. The zero-order valence-electron chi connectivity index (χ0n) is 11.0. The second-order valence-electron chi connectivity index (χ2n) is 4.82. The van der Waals surface area contributed by atoms with E-state index < -0.39 is 5.60 Å². The lowest BCUT2D eigenvalue weighted by atomic mass is 9.86. The lowest BCUT2D eigenvalue weighted by molar-refractivity contribution is -0.00619. The molecule has 0 bridgehead atoms. The number of benzene rings is 1. The van der Waals surface area contributed by atoms with Gasteiger partial charge in [0, 0.05) is 0 Å². The normalized spacial score (nSPS) is 16.2. The van der Waals surface area contributed by atoms with Crippen molar-refractivity contribution in [3.8, 4) is 5.69 Å². The van der Waals surface area contributed by atoms with E-state index in [1.165, 1.54) is 0 Å². The minimum absolute atomic E-state index is 0.137. The molecule has 1 aromatic heterocycles. The van der Waals surface area contributed by atoms with Crippen LogP contribution in [0.25, 0.3) is 5.69 Å². The van der Waals surface area contributed by atoms with E-state index in [-0.39, 0.29) is 5.92 Å². The van der Waals surface area contributed by atoms with Crippen LogP contribution in [0, 0.1) is 5.92 Å². The standard InChI is InChI=1S/C14H19N3O/c1-4-11(2)14(3,18)13-10-15-16-17(13)12-8-6-5-7-9-12/h5-11,18H,4H2,1-3H3. The summed E-state index contributed by atoms with van der Waals surface area (Å²) in [6.07, 6.45) is 2.53. The van der Waals surface area contributed by atoms with Crippen molar-refractivity contribution in [2.75, 3.05) is 0 Å². The summed E-state index contributed by atoms with van der Waals surface area (Å²) in [4.78, 5) is 0. The number of hydrogen-bond donors (Lipinski definition) is 1. The summed E-state index contributed by atoms with van der Waals surface area (Å²) in [6.45, 7) is 5.91. The Hall–Kier alpha value is -1.68. The van der Waals surface area contributed by atoms with Crippen LogP contribution in [0.5, 0.6) is 0 Å². The van der Waals surface area contributed by atoms with Crippen LogP contribution in [0.2, 0.25) is 0 Å². The molecule has 0 radical (unpaired) electrons. The Balaban J connectivity index is 2.46. The van der Waals surface area contributed by atoms with Gasteiger partial charge in [0.05, 0.1) is 17.6 Å². The van der Waals surface area contributed by atoms with E-state index >= 15 is 0 Å². The second-order valence-corrected chi connectivity index (χ2v) is 4.82. The Labute approximate surface area is 107 Å². The molecule has 0 aliphatic heterocycles. The van der Waals surface area contributed by atoms with Crippen LogP contribution in [0.4, 0.5) is 0 Å². The minimum atomic E-state index is -0.936. The second kappa shape index (κ2) is 4.90. The summed E-state index contributed by atoms with van der Waals surface area (Å²) < 4.78 is 1.70. The first-order valence-electron chi connectivity index (χ1n) is 6.26. The Morgan fingerprint density at radius 1 is 1.33 bits per heavy atom. The molecule has 0 saturated carbocycles. The van der Waals surface area contributed by atoms with E-state index in [2.05, 4.69) is 17.2 Å². The monoisotopic (exact) mass is 245 g/mol. The van der Waals surface area contributed by atoms with E-state index in [0.29, 0.717) is 0 Å². The van der Waals surface area contributed by atoms with Crippen LogP contribution in [-0.2, 0) is 5.60 Å². The molecule has 18 heavy (non-hydrogen) atoms. The maximum Gasteiger partial charge on any atom is 0.108 e. The molecule has 0 amide bonds. The fraction of sp³-hybridized carbons (Fsp3) is 0.429. The first-order valence-corrected chi connectivity index (χ1v) is 6.26. The molecule has 1 heterocycles. The number of rotatable bonds is 4. The molecular formula is C14H19N3O. The van der Waals surface area contributed by atoms with Gasteiger partial charge in [-0.05, 0) is 25.0 Å². The van der Waals surface area contributed by atoms with Crippen molar-refractivity contribution in [1.29, 1.82) is 0 Å². The molecule has 2 rings (SSSR count). The summed E-state index contributed by atoms with van der Waals surface area (Å²) in [5.41, 5.74) is 0.699. The maximum atomic E-state index is 10.7. The summed E-state index contributed by atoms with van der Waals surface area (Å²) in [5, 5.41) is 18.7. The average Bonchev–Trinajstić information content (AvgIpc) is 2.88. The van der Waals surface area contributed by atoms with E-state index in [4.69, 9.17) is 0 Å². The number of aromatic nitrogens is 3.